The Kier molecular flexibility index (Phi) is 5.76. The van der Waals surface area contributed by atoms with Gasteiger partial charge in [0.2, 0.25) is 0 Å². The van der Waals surface area contributed by atoms with Crippen LogP contribution < -0.4 is 11.1 Å². The van der Waals surface area contributed by atoms with Crippen LogP contribution in [0.25, 0.3) is 0 Å². The third-order valence-corrected chi connectivity index (χ3v) is 4.20. The average molecular weight is 176 g/mol. The van der Waals surface area contributed by atoms with Gasteiger partial charge in [-0.2, -0.15) is 0 Å². The van der Waals surface area contributed by atoms with E-state index in [2.05, 4.69) is 12.2 Å². The lowest BCUT2D eigenvalue weighted by Crippen LogP contribution is -2.44. The van der Waals surface area contributed by atoms with Crippen LogP contribution in [-0.2, 0) is 0 Å². The first-order chi connectivity index (χ1) is 5.12. The van der Waals surface area contributed by atoms with E-state index in [4.69, 9.17) is 5.73 Å². The van der Waals surface area contributed by atoms with Crippen molar-refractivity contribution in [1.29, 1.82) is 0 Å². The van der Waals surface area contributed by atoms with Gasteiger partial charge in [0.25, 0.3) is 0 Å². The van der Waals surface area contributed by atoms with Crippen molar-refractivity contribution in [2.45, 2.75) is 25.9 Å². The van der Waals surface area contributed by atoms with Gasteiger partial charge >= 0.3 is 0 Å². The molecule has 0 aliphatic rings. The highest BCUT2D eigenvalue weighted by molar-refractivity contribution is 6.71. The maximum atomic E-state index is 9.78. The van der Waals surface area contributed by atoms with E-state index in [1.807, 2.05) is 6.55 Å². The van der Waals surface area contributed by atoms with Crippen molar-refractivity contribution < 1.29 is 4.80 Å². The van der Waals surface area contributed by atoms with E-state index in [1.165, 1.54) is 0 Å². The molecular formula is C7H20N2OSi. The SMILES string of the molecule is CCC[Si](C)(O)CNCCN. The first kappa shape index (κ1) is 11.1. The topological polar surface area (TPSA) is 58.3 Å². The zero-order chi connectivity index (χ0) is 8.74. The van der Waals surface area contributed by atoms with Crippen molar-refractivity contribution >= 4 is 8.32 Å². The van der Waals surface area contributed by atoms with Gasteiger partial charge in [0.1, 0.15) is 0 Å². The van der Waals surface area contributed by atoms with E-state index in [9.17, 15) is 4.80 Å². The normalized spacial score (nSPS) is 16.4. The summed E-state index contributed by atoms with van der Waals surface area (Å²) in [7, 11) is -1.91. The predicted molar refractivity (Wildman–Crippen MR) is 50.9 cm³/mol. The molecule has 0 spiro atoms. The lowest BCUT2D eigenvalue weighted by Gasteiger charge is -2.19. The third-order valence-electron chi connectivity index (χ3n) is 1.62. The molecule has 1 atom stereocenters. The molecule has 0 aliphatic heterocycles. The summed E-state index contributed by atoms with van der Waals surface area (Å²) >= 11 is 0. The monoisotopic (exact) mass is 176 g/mol. The first-order valence-corrected chi connectivity index (χ1v) is 7.11. The number of hydrogen-bond donors (Lipinski definition) is 3. The molecule has 4 heteroatoms. The summed E-state index contributed by atoms with van der Waals surface area (Å²) in [5, 5.41) is 3.15. The first-order valence-electron chi connectivity index (χ1n) is 4.25. The molecule has 11 heavy (non-hydrogen) atoms. The Hall–Kier alpha value is 0.0969. The molecule has 0 rings (SSSR count). The second-order valence-electron chi connectivity index (χ2n) is 3.21. The molecule has 0 saturated heterocycles. The Balaban J connectivity index is 3.38. The fourth-order valence-corrected chi connectivity index (χ4v) is 3.06. The maximum absolute atomic E-state index is 9.78. The van der Waals surface area contributed by atoms with Crippen molar-refractivity contribution in [2.24, 2.45) is 5.73 Å². The Morgan fingerprint density at radius 2 is 2.18 bits per heavy atom. The minimum Gasteiger partial charge on any atom is -0.431 e. The minimum absolute atomic E-state index is 0.649. The van der Waals surface area contributed by atoms with Crippen molar-refractivity contribution in [3.8, 4) is 0 Å². The molecule has 0 radical (unpaired) electrons. The van der Waals surface area contributed by atoms with E-state index in [-0.39, 0.29) is 0 Å². The van der Waals surface area contributed by atoms with Gasteiger partial charge in [0, 0.05) is 19.3 Å². The minimum atomic E-state index is -1.91. The summed E-state index contributed by atoms with van der Waals surface area (Å²) in [4.78, 5) is 9.78. The molecule has 1 unspecified atom stereocenters. The van der Waals surface area contributed by atoms with E-state index < -0.39 is 8.32 Å². The molecule has 0 heterocycles. The fourth-order valence-electron chi connectivity index (χ4n) is 1.09. The molecule has 0 bridgehead atoms. The number of nitrogens with one attached hydrogen (secondary N) is 1. The molecule has 0 saturated carbocycles. The highest BCUT2D eigenvalue weighted by atomic mass is 28.4. The highest BCUT2D eigenvalue weighted by Crippen LogP contribution is 2.05. The van der Waals surface area contributed by atoms with E-state index >= 15 is 0 Å². The summed E-state index contributed by atoms with van der Waals surface area (Å²) in [6.45, 7) is 5.55. The number of nitrogens with two attached hydrogens (primary N) is 1. The van der Waals surface area contributed by atoms with Crippen LogP contribution in [0.1, 0.15) is 13.3 Å². The van der Waals surface area contributed by atoms with Crippen LogP contribution in [0.2, 0.25) is 12.6 Å². The van der Waals surface area contributed by atoms with Crippen LogP contribution >= 0.6 is 0 Å². The van der Waals surface area contributed by atoms with Gasteiger partial charge < -0.3 is 15.8 Å². The maximum Gasteiger partial charge on any atom is 0.199 e. The van der Waals surface area contributed by atoms with Crippen molar-refractivity contribution in [3.05, 3.63) is 0 Å². The number of rotatable bonds is 6. The van der Waals surface area contributed by atoms with Crippen molar-refractivity contribution in [3.63, 3.8) is 0 Å². The Labute approximate surface area is 70.1 Å². The lowest BCUT2D eigenvalue weighted by atomic mass is 10.6. The standard InChI is InChI=1S/C7H20N2OSi/c1-3-6-11(2,10)7-9-5-4-8/h9-10H,3-8H2,1-2H3. The van der Waals surface area contributed by atoms with Crippen LogP contribution in [0.4, 0.5) is 0 Å². The summed E-state index contributed by atoms with van der Waals surface area (Å²) in [5.74, 6) is 0. The Morgan fingerprint density at radius 3 is 2.64 bits per heavy atom. The molecule has 0 amide bonds. The number of hydrogen-bond acceptors (Lipinski definition) is 3. The quantitative estimate of drug-likeness (QED) is 0.396. The van der Waals surface area contributed by atoms with Gasteiger partial charge in [0.05, 0.1) is 0 Å². The smallest absolute Gasteiger partial charge is 0.199 e. The fraction of sp³-hybridized carbons (Fsp3) is 1.00. The van der Waals surface area contributed by atoms with Crippen molar-refractivity contribution in [1.82, 2.24) is 5.32 Å². The van der Waals surface area contributed by atoms with Gasteiger partial charge in [0.15, 0.2) is 8.32 Å². The van der Waals surface area contributed by atoms with Gasteiger partial charge in [-0.25, -0.2) is 0 Å². The average Bonchev–Trinajstić information content (AvgIpc) is 1.87. The van der Waals surface area contributed by atoms with Crippen LogP contribution in [0.15, 0.2) is 0 Å². The summed E-state index contributed by atoms with van der Waals surface area (Å²) in [6, 6.07) is 0.977. The molecular weight excluding hydrogens is 156 g/mol. The largest absolute Gasteiger partial charge is 0.431 e. The molecule has 68 valence electrons. The van der Waals surface area contributed by atoms with Crippen molar-refractivity contribution in [2.75, 3.05) is 19.3 Å². The third kappa shape index (κ3) is 6.49. The van der Waals surface area contributed by atoms with E-state index in [1.54, 1.807) is 0 Å². The van der Waals surface area contributed by atoms with Crippen LogP contribution in [0.5, 0.6) is 0 Å². The molecule has 4 N–H and O–H groups in total. The van der Waals surface area contributed by atoms with Crippen LogP contribution in [0.3, 0.4) is 0 Å². The second kappa shape index (κ2) is 5.71. The molecule has 0 aliphatic carbocycles. The summed E-state index contributed by atoms with van der Waals surface area (Å²) < 4.78 is 0. The zero-order valence-electron chi connectivity index (χ0n) is 7.56. The summed E-state index contributed by atoms with van der Waals surface area (Å²) in [6.07, 6.45) is 1.85. The molecule has 0 aromatic carbocycles. The lowest BCUT2D eigenvalue weighted by molar-refractivity contribution is 0.523. The van der Waals surface area contributed by atoms with Gasteiger partial charge in [-0.15, -0.1) is 0 Å². The van der Waals surface area contributed by atoms with Crippen LogP contribution in [0, 0.1) is 0 Å². The zero-order valence-corrected chi connectivity index (χ0v) is 8.56. The van der Waals surface area contributed by atoms with E-state index in [0.29, 0.717) is 6.54 Å². The van der Waals surface area contributed by atoms with Gasteiger partial charge in [-0.1, -0.05) is 13.3 Å². The molecule has 3 nitrogen and oxygen atoms in total. The van der Waals surface area contributed by atoms with E-state index in [0.717, 1.165) is 25.2 Å². The predicted octanol–water partition coefficient (Wildman–Crippen LogP) is 0.0515. The summed E-state index contributed by atoms with van der Waals surface area (Å²) in [5.41, 5.74) is 5.30. The Bertz CT molecular complexity index is 98.4. The Morgan fingerprint density at radius 1 is 1.55 bits per heavy atom. The highest BCUT2D eigenvalue weighted by Gasteiger charge is 2.21. The molecule has 0 aromatic heterocycles. The van der Waals surface area contributed by atoms with Gasteiger partial charge in [-0.3, -0.25) is 0 Å². The molecule has 0 fully saturated rings. The van der Waals surface area contributed by atoms with Crippen LogP contribution in [-0.4, -0.2) is 32.4 Å². The second-order valence-corrected chi connectivity index (χ2v) is 7.06. The van der Waals surface area contributed by atoms with Gasteiger partial charge in [-0.05, 0) is 12.6 Å². The molecule has 0 aromatic rings.